The molecule has 20 heavy (non-hydrogen) atoms. The minimum Gasteiger partial charge on any atom is -0.312 e. The molecule has 1 heterocycles. The van der Waals surface area contributed by atoms with E-state index >= 15 is 0 Å². The molecule has 0 unspecified atom stereocenters. The summed E-state index contributed by atoms with van der Waals surface area (Å²) < 4.78 is 39.5. The number of halogens is 3. The van der Waals surface area contributed by atoms with Gasteiger partial charge < -0.3 is 5.32 Å². The summed E-state index contributed by atoms with van der Waals surface area (Å²) in [6.07, 6.45) is 2.31. The zero-order valence-electron chi connectivity index (χ0n) is 10.9. The molecule has 0 aromatic heterocycles. The molecule has 0 saturated carbocycles. The summed E-state index contributed by atoms with van der Waals surface area (Å²) in [5.74, 6) is -0.283. The summed E-state index contributed by atoms with van der Waals surface area (Å²) in [4.78, 5) is 0. The van der Waals surface area contributed by atoms with Crippen LogP contribution in [0.3, 0.4) is 0 Å². The highest BCUT2D eigenvalue weighted by Gasteiger charge is 2.29. The van der Waals surface area contributed by atoms with Gasteiger partial charge >= 0.3 is 0 Å². The zero-order valence-corrected chi connectivity index (χ0v) is 14.1. The fourth-order valence-electron chi connectivity index (χ4n) is 2.34. The molecule has 2 rings (SSSR count). The third-order valence-corrected chi connectivity index (χ3v) is 4.53. The van der Waals surface area contributed by atoms with Gasteiger partial charge in [-0.3, -0.25) is 0 Å². The molecule has 0 spiro atoms. The quantitative estimate of drug-likeness (QED) is 0.829. The lowest BCUT2D eigenvalue weighted by Crippen LogP contribution is -2.44. The molecule has 8 heteroatoms. The van der Waals surface area contributed by atoms with Gasteiger partial charge in [-0.1, -0.05) is 12.1 Å². The molecule has 0 aliphatic carbocycles. The maximum atomic E-state index is 13.9. The van der Waals surface area contributed by atoms with Gasteiger partial charge in [0.1, 0.15) is 5.82 Å². The van der Waals surface area contributed by atoms with E-state index in [1.165, 1.54) is 0 Å². The van der Waals surface area contributed by atoms with Crippen LogP contribution in [0.15, 0.2) is 22.7 Å². The Morgan fingerprint density at radius 1 is 1.50 bits per heavy atom. The number of hydrogen-bond acceptors (Lipinski definition) is 3. The van der Waals surface area contributed by atoms with Crippen LogP contribution in [0.1, 0.15) is 12.0 Å². The van der Waals surface area contributed by atoms with Crippen LogP contribution in [0.25, 0.3) is 0 Å². The lowest BCUT2D eigenvalue weighted by atomic mass is 10.0. The molecule has 0 radical (unpaired) electrons. The van der Waals surface area contributed by atoms with E-state index in [0.29, 0.717) is 22.9 Å². The molecule has 0 bridgehead atoms. The van der Waals surface area contributed by atoms with Gasteiger partial charge in [-0.05, 0) is 46.9 Å². The van der Waals surface area contributed by atoms with E-state index in [2.05, 4.69) is 26.0 Å². The van der Waals surface area contributed by atoms with Crippen molar-refractivity contribution >= 4 is 38.4 Å². The Balaban J connectivity index is 0.00000200. The zero-order chi connectivity index (χ0) is 14.0. The standard InChI is InChI=1S/C12H16BrFN2O2S.ClH/c1-19(17,18)16-10-5-6-15-11(10)7-8-3-2-4-9(13)12(8)14;/h2-4,10-11,15-16H,5-7H2,1H3;1H/t10-,11-;/m0./s1. The summed E-state index contributed by atoms with van der Waals surface area (Å²) in [6, 6.07) is 4.87. The monoisotopic (exact) mass is 386 g/mol. The largest absolute Gasteiger partial charge is 0.312 e. The van der Waals surface area contributed by atoms with Crippen molar-refractivity contribution in [3.8, 4) is 0 Å². The molecule has 1 aliphatic heterocycles. The van der Waals surface area contributed by atoms with Crippen molar-refractivity contribution in [2.75, 3.05) is 12.8 Å². The first-order valence-corrected chi connectivity index (χ1v) is 8.69. The van der Waals surface area contributed by atoms with Crippen LogP contribution in [0.5, 0.6) is 0 Å². The molecule has 114 valence electrons. The topological polar surface area (TPSA) is 58.2 Å². The molecule has 1 aromatic carbocycles. The SMILES string of the molecule is CS(=O)(=O)N[C@H]1CCN[C@H]1Cc1cccc(Br)c1F.Cl. The lowest BCUT2D eigenvalue weighted by molar-refractivity contribution is 0.484. The third-order valence-electron chi connectivity index (χ3n) is 3.18. The van der Waals surface area contributed by atoms with Gasteiger partial charge in [-0.15, -0.1) is 12.4 Å². The van der Waals surface area contributed by atoms with Gasteiger partial charge in [0.15, 0.2) is 0 Å². The van der Waals surface area contributed by atoms with E-state index in [0.717, 1.165) is 12.8 Å². The van der Waals surface area contributed by atoms with Crippen molar-refractivity contribution in [3.63, 3.8) is 0 Å². The number of benzene rings is 1. The van der Waals surface area contributed by atoms with Crippen LogP contribution < -0.4 is 10.0 Å². The van der Waals surface area contributed by atoms with Crippen LogP contribution >= 0.6 is 28.3 Å². The Morgan fingerprint density at radius 3 is 2.85 bits per heavy atom. The lowest BCUT2D eigenvalue weighted by Gasteiger charge is -2.20. The van der Waals surface area contributed by atoms with Gasteiger partial charge in [0.05, 0.1) is 10.7 Å². The van der Waals surface area contributed by atoms with Crippen LogP contribution in [-0.4, -0.2) is 33.3 Å². The summed E-state index contributed by atoms with van der Waals surface area (Å²) in [7, 11) is -3.24. The maximum absolute atomic E-state index is 13.9. The summed E-state index contributed by atoms with van der Waals surface area (Å²) >= 11 is 3.15. The first kappa shape index (κ1) is 17.8. The number of hydrogen-bond donors (Lipinski definition) is 2. The summed E-state index contributed by atoms with van der Waals surface area (Å²) in [5, 5.41) is 3.22. The van der Waals surface area contributed by atoms with E-state index in [1.54, 1.807) is 18.2 Å². The number of nitrogens with one attached hydrogen (secondary N) is 2. The molecule has 4 nitrogen and oxygen atoms in total. The average Bonchev–Trinajstić information content (AvgIpc) is 2.70. The van der Waals surface area contributed by atoms with Crippen molar-refractivity contribution in [3.05, 3.63) is 34.1 Å². The van der Waals surface area contributed by atoms with Gasteiger partial charge in [0.2, 0.25) is 10.0 Å². The Hall–Kier alpha value is -0.210. The van der Waals surface area contributed by atoms with E-state index in [-0.39, 0.29) is 30.3 Å². The van der Waals surface area contributed by atoms with Crippen LogP contribution in [-0.2, 0) is 16.4 Å². The van der Waals surface area contributed by atoms with E-state index in [4.69, 9.17) is 0 Å². The molecule has 1 fully saturated rings. The van der Waals surface area contributed by atoms with Crippen molar-refractivity contribution < 1.29 is 12.8 Å². The van der Waals surface area contributed by atoms with Crippen LogP contribution in [0.2, 0.25) is 0 Å². The first-order chi connectivity index (χ1) is 8.87. The highest BCUT2D eigenvalue weighted by Crippen LogP contribution is 2.22. The van der Waals surface area contributed by atoms with Crippen LogP contribution in [0.4, 0.5) is 4.39 Å². The van der Waals surface area contributed by atoms with Gasteiger partial charge in [0, 0.05) is 12.1 Å². The van der Waals surface area contributed by atoms with Crippen molar-refractivity contribution in [2.45, 2.75) is 24.9 Å². The smallest absolute Gasteiger partial charge is 0.209 e. The second-order valence-electron chi connectivity index (χ2n) is 4.76. The Morgan fingerprint density at radius 2 is 2.20 bits per heavy atom. The Bertz CT molecular complexity index is 571. The van der Waals surface area contributed by atoms with Gasteiger partial charge in [-0.25, -0.2) is 17.5 Å². The van der Waals surface area contributed by atoms with Crippen molar-refractivity contribution in [1.29, 1.82) is 0 Å². The normalized spacial score (nSPS) is 22.6. The average molecular weight is 388 g/mol. The predicted molar refractivity (Wildman–Crippen MR) is 83.2 cm³/mol. The highest BCUT2D eigenvalue weighted by molar-refractivity contribution is 9.10. The molecule has 1 aliphatic rings. The van der Waals surface area contributed by atoms with Crippen LogP contribution in [0, 0.1) is 5.82 Å². The van der Waals surface area contributed by atoms with Crippen molar-refractivity contribution in [1.82, 2.24) is 10.0 Å². The Labute approximate surface area is 133 Å². The summed E-state index contributed by atoms with van der Waals surface area (Å²) in [6.45, 7) is 0.730. The molecule has 2 atom stereocenters. The fourth-order valence-corrected chi connectivity index (χ4v) is 3.58. The molecule has 2 N–H and O–H groups in total. The minimum atomic E-state index is -3.24. The van der Waals surface area contributed by atoms with E-state index in [9.17, 15) is 12.8 Å². The second-order valence-corrected chi connectivity index (χ2v) is 7.40. The minimum absolute atomic E-state index is 0. The van der Waals surface area contributed by atoms with E-state index < -0.39 is 10.0 Å². The molecule has 1 saturated heterocycles. The molecular formula is C12H17BrClFN2O2S. The van der Waals surface area contributed by atoms with Gasteiger partial charge in [0.25, 0.3) is 0 Å². The molecular weight excluding hydrogens is 371 g/mol. The fraction of sp³-hybridized carbons (Fsp3) is 0.500. The number of rotatable bonds is 4. The highest BCUT2D eigenvalue weighted by atomic mass is 79.9. The van der Waals surface area contributed by atoms with E-state index in [1.807, 2.05) is 0 Å². The molecule has 1 aromatic rings. The maximum Gasteiger partial charge on any atom is 0.209 e. The van der Waals surface area contributed by atoms with Crippen molar-refractivity contribution in [2.24, 2.45) is 0 Å². The molecule has 0 amide bonds. The Kier molecular flexibility index (Phi) is 6.40. The number of sulfonamides is 1. The summed E-state index contributed by atoms with van der Waals surface area (Å²) in [5.41, 5.74) is 0.578. The van der Waals surface area contributed by atoms with Gasteiger partial charge in [-0.2, -0.15) is 0 Å². The first-order valence-electron chi connectivity index (χ1n) is 6.00. The predicted octanol–water partition coefficient (Wildman–Crippen LogP) is 1.83. The third kappa shape index (κ3) is 4.66. The second kappa shape index (κ2) is 7.17.